The average molecular weight is 335 g/mol. The molecule has 0 bridgehead atoms. The number of thiophene rings is 1. The van der Waals surface area contributed by atoms with E-state index in [9.17, 15) is 8.42 Å². The molecule has 0 saturated carbocycles. The van der Waals surface area contributed by atoms with E-state index in [0.717, 1.165) is 11.3 Å². The average Bonchev–Trinajstić information content (AvgIpc) is 3.19. The van der Waals surface area contributed by atoms with Crippen LogP contribution >= 0.6 is 11.3 Å². The summed E-state index contributed by atoms with van der Waals surface area (Å²) < 4.78 is 34.3. The van der Waals surface area contributed by atoms with Gasteiger partial charge in [0.1, 0.15) is 9.96 Å². The molecule has 3 rings (SSSR count). The zero-order chi connectivity index (χ0) is 15.6. The van der Waals surface area contributed by atoms with E-state index >= 15 is 0 Å². The molecule has 8 heteroatoms. The first kappa shape index (κ1) is 14.6. The summed E-state index contributed by atoms with van der Waals surface area (Å²) in [6, 6.07) is 10.1. The molecular formula is C14H13N3O3S2. The molecule has 0 radical (unpaired) electrons. The lowest BCUT2D eigenvalue weighted by Gasteiger charge is -2.11. The molecule has 0 spiro atoms. The number of sulfonamides is 1. The minimum Gasteiger partial charge on any atom is -0.497 e. The Kier molecular flexibility index (Phi) is 3.86. The smallest absolute Gasteiger partial charge is 0.271 e. The van der Waals surface area contributed by atoms with Crippen LogP contribution in [0.1, 0.15) is 0 Å². The van der Waals surface area contributed by atoms with Crippen molar-refractivity contribution in [1.82, 2.24) is 9.78 Å². The molecule has 0 atom stereocenters. The maximum atomic E-state index is 12.3. The van der Waals surface area contributed by atoms with Crippen molar-refractivity contribution in [3.63, 3.8) is 0 Å². The number of nitrogens with zero attached hydrogens (tertiary/aromatic N) is 2. The maximum Gasteiger partial charge on any atom is 0.271 e. The fraction of sp³-hybridized carbons (Fsp3) is 0.0714. The molecule has 2 aromatic heterocycles. The first-order chi connectivity index (χ1) is 10.6. The quantitative estimate of drug-likeness (QED) is 0.778. The highest BCUT2D eigenvalue weighted by Gasteiger charge is 2.16. The molecule has 1 aromatic carbocycles. The normalized spacial score (nSPS) is 11.3. The molecule has 0 aliphatic heterocycles. The summed E-state index contributed by atoms with van der Waals surface area (Å²) in [6.45, 7) is 0. The van der Waals surface area contributed by atoms with E-state index in [1.807, 2.05) is 0 Å². The summed E-state index contributed by atoms with van der Waals surface area (Å²) >= 11 is 1.16. The van der Waals surface area contributed by atoms with Crippen LogP contribution in [0.3, 0.4) is 0 Å². The minimum atomic E-state index is -3.60. The number of ether oxygens (including phenoxy) is 1. The number of benzene rings is 1. The molecule has 22 heavy (non-hydrogen) atoms. The molecule has 0 aliphatic rings. The minimum absolute atomic E-state index is 0.260. The van der Waals surface area contributed by atoms with Crippen LogP contribution in [0.4, 0.5) is 5.69 Å². The van der Waals surface area contributed by atoms with E-state index < -0.39 is 10.0 Å². The number of nitrogens with one attached hydrogen (secondary N) is 1. The first-order valence-electron chi connectivity index (χ1n) is 6.34. The van der Waals surface area contributed by atoms with Gasteiger partial charge in [0.15, 0.2) is 0 Å². The van der Waals surface area contributed by atoms with Gasteiger partial charge in [-0.3, -0.25) is 4.72 Å². The van der Waals surface area contributed by atoms with Gasteiger partial charge in [-0.25, -0.2) is 13.1 Å². The van der Waals surface area contributed by atoms with Crippen molar-refractivity contribution < 1.29 is 13.2 Å². The largest absolute Gasteiger partial charge is 0.497 e. The Hall–Kier alpha value is -2.32. The van der Waals surface area contributed by atoms with Gasteiger partial charge in [-0.05, 0) is 23.6 Å². The van der Waals surface area contributed by atoms with Crippen molar-refractivity contribution >= 4 is 27.0 Å². The number of rotatable bonds is 5. The lowest BCUT2D eigenvalue weighted by Crippen LogP contribution is -2.12. The van der Waals surface area contributed by atoms with Crippen LogP contribution in [0.15, 0.2) is 58.4 Å². The van der Waals surface area contributed by atoms with Crippen LogP contribution in [-0.2, 0) is 10.0 Å². The zero-order valence-corrected chi connectivity index (χ0v) is 13.3. The van der Waals surface area contributed by atoms with Crippen LogP contribution in [0.25, 0.3) is 5.69 Å². The van der Waals surface area contributed by atoms with E-state index in [0.29, 0.717) is 17.1 Å². The third-order valence-electron chi connectivity index (χ3n) is 2.91. The second-order valence-corrected chi connectivity index (χ2v) is 7.26. The third-order valence-corrected chi connectivity index (χ3v) is 5.69. The summed E-state index contributed by atoms with van der Waals surface area (Å²) in [6.07, 6.45) is 3.42. The monoisotopic (exact) mass is 335 g/mol. The second-order valence-electron chi connectivity index (χ2n) is 4.41. The van der Waals surface area contributed by atoms with Crippen LogP contribution < -0.4 is 9.46 Å². The molecule has 6 nitrogen and oxygen atoms in total. The maximum absolute atomic E-state index is 12.3. The Morgan fingerprint density at radius 2 is 2.14 bits per heavy atom. The Bertz CT molecular complexity index is 857. The second kappa shape index (κ2) is 5.82. The van der Waals surface area contributed by atoms with Gasteiger partial charge in [-0.1, -0.05) is 6.07 Å². The molecule has 3 aromatic rings. The van der Waals surface area contributed by atoms with Crippen molar-refractivity contribution in [2.45, 2.75) is 4.21 Å². The number of hydrogen-bond acceptors (Lipinski definition) is 5. The first-order valence-corrected chi connectivity index (χ1v) is 8.70. The fourth-order valence-corrected chi connectivity index (χ4v) is 3.97. The highest BCUT2D eigenvalue weighted by molar-refractivity contribution is 7.94. The van der Waals surface area contributed by atoms with Crippen molar-refractivity contribution in [3.05, 3.63) is 54.2 Å². The van der Waals surface area contributed by atoms with Crippen molar-refractivity contribution in [2.75, 3.05) is 11.8 Å². The van der Waals surface area contributed by atoms with Gasteiger partial charge >= 0.3 is 0 Å². The Labute approximate surface area is 132 Å². The topological polar surface area (TPSA) is 73.2 Å². The summed E-state index contributed by atoms with van der Waals surface area (Å²) in [5.41, 5.74) is 1.12. The van der Waals surface area contributed by atoms with Gasteiger partial charge in [0, 0.05) is 24.5 Å². The highest BCUT2D eigenvalue weighted by atomic mass is 32.2. The Morgan fingerprint density at radius 1 is 1.27 bits per heavy atom. The van der Waals surface area contributed by atoms with E-state index in [2.05, 4.69) is 9.82 Å². The van der Waals surface area contributed by atoms with Gasteiger partial charge in [0.25, 0.3) is 10.0 Å². The molecule has 114 valence electrons. The van der Waals surface area contributed by atoms with E-state index in [1.165, 1.54) is 7.11 Å². The van der Waals surface area contributed by atoms with Crippen LogP contribution in [0.5, 0.6) is 5.75 Å². The Balaban J connectivity index is 1.99. The summed E-state index contributed by atoms with van der Waals surface area (Å²) in [5.74, 6) is 0.539. The predicted octanol–water partition coefficient (Wildman–Crippen LogP) is 2.74. The van der Waals surface area contributed by atoms with Gasteiger partial charge in [-0.15, -0.1) is 11.3 Å². The predicted molar refractivity (Wildman–Crippen MR) is 85.2 cm³/mol. The molecular weight excluding hydrogens is 322 g/mol. The lowest BCUT2D eigenvalue weighted by molar-refractivity contribution is 0.414. The zero-order valence-electron chi connectivity index (χ0n) is 11.6. The van der Waals surface area contributed by atoms with E-state index in [1.54, 1.807) is 58.9 Å². The number of methoxy groups -OCH3 is 1. The molecule has 0 aliphatic carbocycles. The molecule has 0 amide bonds. The van der Waals surface area contributed by atoms with Crippen molar-refractivity contribution in [2.24, 2.45) is 0 Å². The van der Waals surface area contributed by atoms with Crippen LogP contribution in [0, 0.1) is 0 Å². The van der Waals surface area contributed by atoms with Gasteiger partial charge < -0.3 is 4.74 Å². The molecule has 0 unspecified atom stereocenters. The van der Waals surface area contributed by atoms with E-state index in [-0.39, 0.29) is 4.21 Å². The van der Waals surface area contributed by atoms with Crippen LogP contribution in [0.2, 0.25) is 0 Å². The fourth-order valence-electron chi connectivity index (χ4n) is 1.94. The number of anilines is 1. The summed E-state index contributed by atoms with van der Waals surface area (Å²) in [5, 5.41) is 5.85. The van der Waals surface area contributed by atoms with Crippen LogP contribution in [-0.4, -0.2) is 25.3 Å². The summed E-state index contributed by atoms with van der Waals surface area (Å²) in [4.78, 5) is 0. The van der Waals surface area contributed by atoms with Gasteiger partial charge in [-0.2, -0.15) is 5.10 Å². The molecule has 1 N–H and O–H groups in total. The standard InChI is InChI=1S/C14H13N3O3S2/c1-20-13-9-11(8-12(10-13)17-6-3-5-15-17)16-22(18,19)14-4-2-7-21-14/h2-10,16H,1H3. The Morgan fingerprint density at radius 3 is 2.77 bits per heavy atom. The van der Waals surface area contributed by atoms with Crippen molar-refractivity contribution in [1.29, 1.82) is 0 Å². The number of hydrogen-bond donors (Lipinski definition) is 1. The summed E-state index contributed by atoms with van der Waals surface area (Å²) in [7, 11) is -2.07. The highest BCUT2D eigenvalue weighted by Crippen LogP contribution is 2.26. The molecule has 0 saturated heterocycles. The molecule has 2 heterocycles. The van der Waals surface area contributed by atoms with Crippen molar-refractivity contribution in [3.8, 4) is 11.4 Å². The SMILES string of the molecule is COc1cc(NS(=O)(=O)c2cccs2)cc(-n2cccn2)c1. The van der Waals surface area contributed by atoms with Gasteiger partial charge in [0.2, 0.25) is 0 Å². The number of aromatic nitrogens is 2. The van der Waals surface area contributed by atoms with E-state index in [4.69, 9.17) is 4.74 Å². The third kappa shape index (κ3) is 2.97. The lowest BCUT2D eigenvalue weighted by atomic mass is 10.2. The van der Waals surface area contributed by atoms with Gasteiger partial charge in [0.05, 0.1) is 18.5 Å². The molecule has 0 fully saturated rings.